The van der Waals surface area contributed by atoms with Gasteiger partial charge in [0.1, 0.15) is 0 Å². The van der Waals surface area contributed by atoms with Gasteiger partial charge >= 0.3 is 0 Å². The van der Waals surface area contributed by atoms with Crippen molar-refractivity contribution in [1.29, 1.82) is 5.41 Å². The fourth-order valence-electron chi connectivity index (χ4n) is 1.07. The zero-order valence-corrected chi connectivity index (χ0v) is 7.45. The van der Waals surface area contributed by atoms with Crippen molar-refractivity contribution in [3.63, 3.8) is 0 Å². The van der Waals surface area contributed by atoms with Gasteiger partial charge in [0.15, 0.2) is 11.4 Å². The van der Waals surface area contributed by atoms with Crippen LogP contribution in [0.1, 0.15) is 11.4 Å². The van der Waals surface area contributed by atoms with Crippen molar-refractivity contribution in [3.05, 3.63) is 34.8 Å². The number of aliphatic hydroxyl groups is 1. The lowest BCUT2D eigenvalue weighted by Crippen LogP contribution is -2.36. The van der Waals surface area contributed by atoms with Crippen LogP contribution < -0.4 is 4.73 Å². The van der Waals surface area contributed by atoms with E-state index in [1.54, 1.807) is 25.1 Å². The Morgan fingerprint density at radius 3 is 2.92 bits per heavy atom. The quantitative estimate of drug-likeness (QED) is 0.396. The lowest BCUT2D eigenvalue weighted by atomic mass is 10.2. The minimum absolute atomic E-state index is 0.148. The zero-order chi connectivity index (χ0) is 9.84. The van der Waals surface area contributed by atoms with Crippen molar-refractivity contribution >= 4 is 5.71 Å². The molecule has 0 aliphatic rings. The average molecular weight is 180 g/mol. The number of aromatic nitrogens is 1. The molecule has 0 fully saturated rings. The predicted molar refractivity (Wildman–Crippen MR) is 48.7 cm³/mol. The molecule has 0 amide bonds. The fourth-order valence-corrected chi connectivity index (χ4v) is 1.07. The second-order valence-electron chi connectivity index (χ2n) is 2.89. The minimum Gasteiger partial charge on any atom is -0.618 e. The van der Waals surface area contributed by atoms with E-state index >= 15 is 0 Å². The lowest BCUT2D eigenvalue weighted by molar-refractivity contribution is -0.619. The Labute approximate surface area is 76.5 Å². The number of pyridine rings is 1. The normalized spacial score (nSPS) is 10.0. The van der Waals surface area contributed by atoms with Crippen molar-refractivity contribution in [1.82, 2.24) is 0 Å². The third-order valence-corrected chi connectivity index (χ3v) is 1.79. The highest BCUT2D eigenvalue weighted by molar-refractivity contribution is 5.83. The molecule has 1 aromatic rings. The second kappa shape index (κ2) is 4.00. The molecule has 0 unspecified atom stereocenters. The van der Waals surface area contributed by atoms with E-state index in [2.05, 4.69) is 0 Å². The Bertz CT molecular complexity index is 323. The van der Waals surface area contributed by atoms with Gasteiger partial charge < -0.3 is 15.7 Å². The maximum atomic E-state index is 11.4. The number of rotatable bonds is 3. The molecule has 2 N–H and O–H groups in total. The Morgan fingerprint density at radius 1 is 1.62 bits per heavy atom. The van der Waals surface area contributed by atoms with E-state index in [9.17, 15) is 5.21 Å². The van der Waals surface area contributed by atoms with Crippen LogP contribution in [0.15, 0.2) is 18.2 Å². The van der Waals surface area contributed by atoms with Crippen molar-refractivity contribution in [3.8, 4) is 0 Å². The van der Waals surface area contributed by atoms with Gasteiger partial charge in [0.2, 0.25) is 0 Å². The summed E-state index contributed by atoms with van der Waals surface area (Å²) in [6.07, 6.45) is 0.210. The van der Waals surface area contributed by atoms with Gasteiger partial charge in [0.25, 0.3) is 0 Å². The van der Waals surface area contributed by atoms with Crippen molar-refractivity contribution in [2.45, 2.75) is 13.3 Å². The van der Waals surface area contributed by atoms with Gasteiger partial charge in [-0.1, -0.05) is 0 Å². The standard InChI is InChI=1S/C9H12N2O2/c1-7-3-2-4-9(11(7)13)5-8(10)6-12/h2-4,10,12H,5-6H2,1H3. The molecule has 1 rings (SSSR count). The molecule has 13 heavy (non-hydrogen) atoms. The molecule has 0 aliphatic carbocycles. The molecule has 1 aromatic heterocycles. The Morgan fingerprint density at radius 2 is 2.31 bits per heavy atom. The van der Waals surface area contributed by atoms with E-state index in [4.69, 9.17) is 10.5 Å². The first-order chi connectivity index (χ1) is 6.15. The van der Waals surface area contributed by atoms with Crippen LogP contribution >= 0.6 is 0 Å². The monoisotopic (exact) mass is 180 g/mol. The van der Waals surface area contributed by atoms with Crippen LogP contribution in [0.4, 0.5) is 0 Å². The number of nitrogens with one attached hydrogen (secondary N) is 1. The first-order valence-corrected chi connectivity index (χ1v) is 4.00. The predicted octanol–water partition coefficient (Wildman–Crippen LogP) is 0.183. The summed E-state index contributed by atoms with van der Waals surface area (Å²) in [6.45, 7) is 1.41. The van der Waals surface area contributed by atoms with Crippen LogP contribution in [0, 0.1) is 17.5 Å². The number of hydrogen-bond donors (Lipinski definition) is 2. The summed E-state index contributed by atoms with van der Waals surface area (Å²) < 4.78 is 0.782. The van der Waals surface area contributed by atoms with E-state index in [0.29, 0.717) is 11.4 Å². The highest BCUT2D eigenvalue weighted by Gasteiger charge is 2.08. The molecule has 0 saturated heterocycles. The van der Waals surface area contributed by atoms with E-state index in [1.807, 2.05) is 0 Å². The Kier molecular flexibility index (Phi) is 2.97. The van der Waals surface area contributed by atoms with Crippen LogP contribution in [0.2, 0.25) is 0 Å². The average Bonchev–Trinajstić information content (AvgIpc) is 2.13. The van der Waals surface area contributed by atoms with E-state index < -0.39 is 0 Å². The zero-order valence-electron chi connectivity index (χ0n) is 7.45. The van der Waals surface area contributed by atoms with Gasteiger partial charge in [-0.25, -0.2) is 0 Å². The van der Waals surface area contributed by atoms with Gasteiger partial charge in [-0.05, 0) is 6.07 Å². The van der Waals surface area contributed by atoms with Crippen molar-refractivity contribution in [2.24, 2.45) is 0 Å². The van der Waals surface area contributed by atoms with Crippen LogP contribution in [-0.2, 0) is 6.42 Å². The first-order valence-electron chi connectivity index (χ1n) is 4.00. The minimum atomic E-state index is -0.298. The largest absolute Gasteiger partial charge is 0.618 e. The molecular weight excluding hydrogens is 168 g/mol. The molecule has 4 nitrogen and oxygen atoms in total. The smallest absolute Gasteiger partial charge is 0.198 e. The number of nitrogens with zero attached hydrogens (tertiary/aromatic N) is 1. The maximum Gasteiger partial charge on any atom is 0.198 e. The SMILES string of the molecule is Cc1cccc(CC(=N)CO)[n+]1[O-]. The highest BCUT2D eigenvalue weighted by atomic mass is 16.5. The summed E-state index contributed by atoms with van der Waals surface area (Å²) in [6, 6.07) is 5.13. The molecular formula is C9H12N2O2. The van der Waals surface area contributed by atoms with Gasteiger partial charge in [-0.15, -0.1) is 0 Å². The molecule has 0 radical (unpaired) electrons. The Balaban J connectivity index is 2.89. The summed E-state index contributed by atoms with van der Waals surface area (Å²) in [7, 11) is 0. The second-order valence-corrected chi connectivity index (χ2v) is 2.89. The number of aliphatic hydroxyl groups excluding tert-OH is 1. The van der Waals surface area contributed by atoms with Crippen molar-refractivity contribution in [2.75, 3.05) is 6.61 Å². The van der Waals surface area contributed by atoms with Gasteiger partial charge in [0, 0.05) is 24.8 Å². The fraction of sp³-hybridized carbons (Fsp3) is 0.333. The highest BCUT2D eigenvalue weighted by Crippen LogP contribution is 1.97. The molecule has 0 aromatic carbocycles. The van der Waals surface area contributed by atoms with Gasteiger partial charge in [-0.3, -0.25) is 0 Å². The Hall–Kier alpha value is -1.42. The molecule has 1 heterocycles. The maximum absolute atomic E-state index is 11.4. The third-order valence-electron chi connectivity index (χ3n) is 1.79. The summed E-state index contributed by atoms with van der Waals surface area (Å²) in [5, 5.41) is 27.2. The molecule has 0 saturated carbocycles. The summed E-state index contributed by atoms with van der Waals surface area (Å²) in [4.78, 5) is 0. The lowest BCUT2D eigenvalue weighted by Gasteiger charge is -2.06. The van der Waals surface area contributed by atoms with Crippen LogP contribution in [0.3, 0.4) is 0 Å². The van der Waals surface area contributed by atoms with Crippen LogP contribution in [0.25, 0.3) is 0 Å². The van der Waals surface area contributed by atoms with Gasteiger partial charge in [-0.2, -0.15) is 4.73 Å². The number of aryl methyl sites for hydroxylation is 1. The first kappa shape index (κ1) is 9.67. The summed E-state index contributed by atoms with van der Waals surface area (Å²) >= 11 is 0. The van der Waals surface area contributed by atoms with E-state index in [1.165, 1.54) is 0 Å². The summed E-state index contributed by atoms with van der Waals surface area (Å²) in [5.74, 6) is 0. The molecule has 0 aliphatic heterocycles. The van der Waals surface area contributed by atoms with Crippen LogP contribution in [0.5, 0.6) is 0 Å². The van der Waals surface area contributed by atoms with Crippen molar-refractivity contribution < 1.29 is 9.84 Å². The molecule has 4 heteroatoms. The number of hydrogen-bond acceptors (Lipinski definition) is 3. The van der Waals surface area contributed by atoms with E-state index in [-0.39, 0.29) is 18.7 Å². The molecule has 0 bridgehead atoms. The van der Waals surface area contributed by atoms with Crippen LogP contribution in [-0.4, -0.2) is 17.4 Å². The molecule has 0 spiro atoms. The molecule has 70 valence electrons. The molecule has 0 atom stereocenters. The van der Waals surface area contributed by atoms with E-state index in [0.717, 1.165) is 4.73 Å². The topological polar surface area (TPSA) is 71.0 Å². The summed E-state index contributed by atoms with van der Waals surface area (Å²) in [5.41, 5.74) is 1.25. The van der Waals surface area contributed by atoms with Gasteiger partial charge in [0.05, 0.1) is 13.0 Å². The third kappa shape index (κ3) is 2.26.